The SMILES string of the molecule is C=CCOC(=O)NC1(C(=O)O)CCCC1. The van der Waals surface area contributed by atoms with Crippen LogP contribution in [0, 0.1) is 0 Å². The predicted molar refractivity (Wildman–Crippen MR) is 53.5 cm³/mol. The molecule has 1 aliphatic carbocycles. The molecule has 0 aromatic rings. The lowest BCUT2D eigenvalue weighted by Crippen LogP contribution is -2.52. The minimum Gasteiger partial charge on any atom is -0.480 e. The fraction of sp³-hybridized carbons (Fsp3) is 0.600. The van der Waals surface area contributed by atoms with Gasteiger partial charge in [0.15, 0.2) is 0 Å². The Bertz CT molecular complexity index is 269. The number of nitrogens with one attached hydrogen (secondary N) is 1. The minimum absolute atomic E-state index is 0.0849. The van der Waals surface area contributed by atoms with Crippen LogP contribution < -0.4 is 5.32 Å². The zero-order valence-electron chi connectivity index (χ0n) is 8.49. The van der Waals surface area contributed by atoms with Crippen LogP contribution in [0.1, 0.15) is 25.7 Å². The van der Waals surface area contributed by atoms with Gasteiger partial charge >= 0.3 is 12.1 Å². The van der Waals surface area contributed by atoms with E-state index in [2.05, 4.69) is 11.9 Å². The van der Waals surface area contributed by atoms with Gasteiger partial charge in [-0.3, -0.25) is 0 Å². The molecule has 0 spiro atoms. The number of ether oxygens (including phenoxy) is 1. The number of carbonyl (C=O) groups is 2. The van der Waals surface area contributed by atoms with Gasteiger partial charge in [0, 0.05) is 0 Å². The average molecular weight is 213 g/mol. The van der Waals surface area contributed by atoms with Crippen LogP contribution >= 0.6 is 0 Å². The topological polar surface area (TPSA) is 75.6 Å². The quantitative estimate of drug-likeness (QED) is 0.690. The number of carbonyl (C=O) groups excluding carboxylic acids is 1. The Morgan fingerprint density at radius 3 is 2.53 bits per heavy atom. The highest BCUT2D eigenvalue weighted by Gasteiger charge is 2.43. The molecule has 1 fully saturated rings. The third-order valence-corrected chi connectivity index (χ3v) is 2.54. The van der Waals surface area contributed by atoms with Crippen molar-refractivity contribution in [2.75, 3.05) is 6.61 Å². The molecule has 1 amide bonds. The predicted octanol–water partition coefficient (Wildman–Crippen LogP) is 1.30. The van der Waals surface area contributed by atoms with Crippen molar-refractivity contribution in [1.82, 2.24) is 5.32 Å². The Hall–Kier alpha value is -1.52. The van der Waals surface area contributed by atoms with Gasteiger partial charge in [-0.05, 0) is 12.8 Å². The van der Waals surface area contributed by atoms with Crippen LogP contribution in [0.2, 0.25) is 0 Å². The molecule has 84 valence electrons. The van der Waals surface area contributed by atoms with E-state index in [-0.39, 0.29) is 6.61 Å². The Kier molecular flexibility index (Phi) is 3.71. The highest BCUT2D eigenvalue weighted by molar-refractivity contribution is 5.84. The first-order valence-corrected chi connectivity index (χ1v) is 4.90. The number of hydrogen-bond acceptors (Lipinski definition) is 3. The van der Waals surface area contributed by atoms with Gasteiger partial charge in [0.2, 0.25) is 0 Å². The maximum atomic E-state index is 11.2. The van der Waals surface area contributed by atoms with E-state index >= 15 is 0 Å². The van der Waals surface area contributed by atoms with E-state index in [1.54, 1.807) is 0 Å². The van der Waals surface area contributed by atoms with E-state index in [4.69, 9.17) is 9.84 Å². The van der Waals surface area contributed by atoms with Crippen molar-refractivity contribution >= 4 is 12.1 Å². The zero-order chi connectivity index (χ0) is 11.3. The summed E-state index contributed by atoms with van der Waals surface area (Å²) < 4.78 is 4.70. The average Bonchev–Trinajstić information content (AvgIpc) is 2.64. The normalized spacial score (nSPS) is 18.1. The summed E-state index contributed by atoms with van der Waals surface area (Å²) in [4.78, 5) is 22.3. The summed E-state index contributed by atoms with van der Waals surface area (Å²) in [5.74, 6) is -0.990. The van der Waals surface area contributed by atoms with E-state index in [9.17, 15) is 9.59 Å². The second-order valence-electron chi connectivity index (χ2n) is 3.61. The standard InChI is InChI=1S/C10H15NO4/c1-2-7-15-9(14)11-10(8(12)13)5-3-4-6-10/h2H,1,3-7H2,(H,11,14)(H,12,13). The highest BCUT2D eigenvalue weighted by atomic mass is 16.5. The fourth-order valence-corrected chi connectivity index (χ4v) is 1.74. The molecular weight excluding hydrogens is 198 g/mol. The molecule has 0 heterocycles. The van der Waals surface area contributed by atoms with Gasteiger partial charge in [-0.1, -0.05) is 25.5 Å². The number of rotatable bonds is 4. The Balaban J connectivity index is 2.55. The largest absolute Gasteiger partial charge is 0.480 e. The highest BCUT2D eigenvalue weighted by Crippen LogP contribution is 2.29. The van der Waals surface area contributed by atoms with Crippen LogP contribution in [0.5, 0.6) is 0 Å². The van der Waals surface area contributed by atoms with Gasteiger partial charge in [0.1, 0.15) is 12.1 Å². The zero-order valence-corrected chi connectivity index (χ0v) is 8.49. The van der Waals surface area contributed by atoms with Crippen molar-refractivity contribution in [1.29, 1.82) is 0 Å². The van der Waals surface area contributed by atoms with E-state index in [0.717, 1.165) is 12.8 Å². The van der Waals surface area contributed by atoms with Crippen LogP contribution in [0.15, 0.2) is 12.7 Å². The first-order valence-electron chi connectivity index (χ1n) is 4.90. The summed E-state index contributed by atoms with van der Waals surface area (Å²) in [5.41, 5.74) is -1.13. The smallest absolute Gasteiger partial charge is 0.408 e. The van der Waals surface area contributed by atoms with E-state index in [1.165, 1.54) is 6.08 Å². The fourth-order valence-electron chi connectivity index (χ4n) is 1.74. The second-order valence-corrected chi connectivity index (χ2v) is 3.61. The second kappa shape index (κ2) is 4.82. The molecule has 0 aliphatic heterocycles. The lowest BCUT2D eigenvalue weighted by atomic mass is 9.98. The maximum Gasteiger partial charge on any atom is 0.408 e. The van der Waals surface area contributed by atoms with Gasteiger partial charge in [0.25, 0.3) is 0 Å². The van der Waals surface area contributed by atoms with E-state index in [1.807, 2.05) is 0 Å². The summed E-state index contributed by atoms with van der Waals surface area (Å²) in [6.45, 7) is 3.48. The van der Waals surface area contributed by atoms with Crippen LogP contribution in [-0.4, -0.2) is 29.3 Å². The Labute approximate surface area is 88.1 Å². The summed E-state index contributed by atoms with van der Waals surface area (Å²) in [6.07, 6.45) is 3.29. The first kappa shape index (κ1) is 11.6. The molecule has 5 nitrogen and oxygen atoms in total. The molecular formula is C10H15NO4. The van der Waals surface area contributed by atoms with Crippen LogP contribution in [-0.2, 0) is 9.53 Å². The molecule has 0 aromatic heterocycles. The summed E-state index contributed by atoms with van der Waals surface area (Å²) in [7, 11) is 0. The molecule has 0 saturated heterocycles. The first-order chi connectivity index (χ1) is 7.10. The van der Waals surface area contributed by atoms with E-state index in [0.29, 0.717) is 12.8 Å². The van der Waals surface area contributed by atoms with Crippen LogP contribution in [0.3, 0.4) is 0 Å². The van der Waals surface area contributed by atoms with Crippen molar-refractivity contribution in [3.05, 3.63) is 12.7 Å². The molecule has 1 saturated carbocycles. The molecule has 0 radical (unpaired) electrons. The van der Waals surface area contributed by atoms with Crippen LogP contribution in [0.25, 0.3) is 0 Å². The number of alkyl carbamates (subject to hydrolysis) is 1. The number of amides is 1. The van der Waals surface area contributed by atoms with Crippen molar-refractivity contribution in [3.8, 4) is 0 Å². The van der Waals surface area contributed by atoms with Crippen molar-refractivity contribution in [2.24, 2.45) is 0 Å². The molecule has 0 bridgehead atoms. The lowest BCUT2D eigenvalue weighted by molar-refractivity contribution is -0.144. The molecule has 0 atom stereocenters. The summed E-state index contributed by atoms with van der Waals surface area (Å²) >= 11 is 0. The third-order valence-electron chi connectivity index (χ3n) is 2.54. The van der Waals surface area contributed by atoms with Gasteiger partial charge < -0.3 is 15.2 Å². The molecule has 5 heteroatoms. The molecule has 1 rings (SSSR count). The summed E-state index contributed by atoms with van der Waals surface area (Å²) in [6, 6.07) is 0. The monoisotopic (exact) mass is 213 g/mol. The molecule has 0 aromatic carbocycles. The van der Waals surface area contributed by atoms with Gasteiger partial charge in [-0.25, -0.2) is 9.59 Å². The molecule has 15 heavy (non-hydrogen) atoms. The van der Waals surface area contributed by atoms with Crippen molar-refractivity contribution in [3.63, 3.8) is 0 Å². The number of carboxylic acid groups (broad SMARTS) is 1. The molecule has 1 aliphatic rings. The van der Waals surface area contributed by atoms with Crippen molar-refractivity contribution in [2.45, 2.75) is 31.2 Å². The van der Waals surface area contributed by atoms with Gasteiger partial charge in [0.05, 0.1) is 0 Å². The third kappa shape index (κ3) is 2.71. The minimum atomic E-state index is -1.13. The van der Waals surface area contributed by atoms with Gasteiger partial charge in [-0.2, -0.15) is 0 Å². The van der Waals surface area contributed by atoms with E-state index < -0.39 is 17.6 Å². The van der Waals surface area contributed by atoms with Crippen LogP contribution in [0.4, 0.5) is 4.79 Å². The van der Waals surface area contributed by atoms with Gasteiger partial charge in [-0.15, -0.1) is 0 Å². The number of hydrogen-bond donors (Lipinski definition) is 2. The molecule has 0 unspecified atom stereocenters. The maximum absolute atomic E-state index is 11.2. The number of aliphatic carboxylic acids is 1. The molecule has 2 N–H and O–H groups in total. The Morgan fingerprint density at radius 1 is 1.47 bits per heavy atom. The number of carboxylic acids is 1. The lowest BCUT2D eigenvalue weighted by Gasteiger charge is -2.24. The Morgan fingerprint density at radius 2 is 2.07 bits per heavy atom. The van der Waals surface area contributed by atoms with Crippen molar-refractivity contribution < 1.29 is 19.4 Å². The summed E-state index contributed by atoms with van der Waals surface area (Å²) in [5, 5.41) is 11.5.